The Kier molecular flexibility index (Phi) is 9.58. The monoisotopic (exact) mass is 471 g/mol. The van der Waals surface area contributed by atoms with E-state index in [1.807, 2.05) is 6.07 Å². The zero-order valence-electron chi connectivity index (χ0n) is 16.2. The van der Waals surface area contributed by atoms with Crippen molar-refractivity contribution < 1.29 is 33.0 Å². The number of hydrogen-bond donors (Lipinski definition) is 2. The summed E-state index contributed by atoms with van der Waals surface area (Å²) in [6.45, 7) is 1.10. The number of para-hydroxylation sites is 1. The fourth-order valence-corrected chi connectivity index (χ4v) is 4.37. The molecule has 0 aliphatic carbocycles. The van der Waals surface area contributed by atoms with Gasteiger partial charge in [-0.2, -0.15) is 0 Å². The summed E-state index contributed by atoms with van der Waals surface area (Å²) in [6.07, 6.45) is -1.70. The first-order valence-electron chi connectivity index (χ1n) is 8.87. The van der Waals surface area contributed by atoms with Crippen LogP contribution in [0.1, 0.15) is 12.5 Å². The number of carbonyl (C=O) groups excluding carboxylic acids is 2. The zero-order chi connectivity index (χ0) is 22.0. The molecule has 1 atom stereocenters. The van der Waals surface area contributed by atoms with Gasteiger partial charge in [-0.05, 0) is 24.6 Å². The maximum Gasteiger partial charge on any atom is 0.411 e. The molecule has 1 unspecified atom stereocenters. The van der Waals surface area contributed by atoms with Crippen molar-refractivity contribution in [2.24, 2.45) is 0 Å². The quantitative estimate of drug-likeness (QED) is 0.228. The Morgan fingerprint density at radius 1 is 1.10 bits per heavy atom. The standard InChI is InChI=1S/C19H22NO7PS2/c1-2-25-18(21)12-20(19(22)26-13-15-8-4-3-5-9-15)14-28(23,24)27-16-10-6-7-11-17(16)30-29/h3-11,29H,2,12-14H2,1H3,(H,23,24). The van der Waals surface area contributed by atoms with Crippen molar-refractivity contribution in [2.45, 2.75) is 18.4 Å². The van der Waals surface area contributed by atoms with Crippen molar-refractivity contribution in [2.75, 3.05) is 19.4 Å². The molecule has 0 saturated carbocycles. The number of benzene rings is 2. The summed E-state index contributed by atoms with van der Waals surface area (Å²) >= 11 is 4.08. The fourth-order valence-electron chi connectivity index (χ4n) is 2.34. The summed E-state index contributed by atoms with van der Waals surface area (Å²) in [5, 5.41) is 0. The minimum atomic E-state index is -4.37. The van der Waals surface area contributed by atoms with E-state index in [4.69, 9.17) is 14.0 Å². The molecular weight excluding hydrogens is 449 g/mol. The molecule has 0 aliphatic heterocycles. The number of hydrogen-bond acceptors (Lipinski definition) is 8. The molecule has 2 aromatic carbocycles. The highest BCUT2D eigenvalue weighted by atomic mass is 33.1. The van der Waals surface area contributed by atoms with Crippen molar-refractivity contribution in [3.8, 4) is 5.75 Å². The third kappa shape index (κ3) is 7.95. The lowest BCUT2D eigenvalue weighted by molar-refractivity contribution is -0.143. The first-order valence-corrected chi connectivity index (χ1v) is 12.5. The number of rotatable bonds is 10. The van der Waals surface area contributed by atoms with Crippen LogP contribution < -0.4 is 4.52 Å². The van der Waals surface area contributed by atoms with Crippen molar-refractivity contribution in [3.05, 3.63) is 60.2 Å². The minimum absolute atomic E-state index is 0.0608. The van der Waals surface area contributed by atoms with Gasteiger partial charge in [0.25, 0.3) is 0 Å². The van der Waals surface area contributed by atoms with Crippen LogP contribution in [-0.2, 0) is 25.4 Å². The van der Waals surface area contributed by atoms with Gasteiger partial charge in [0.1, 0.15) is 25.2 Å². The van der Waals surface area contributed by atoms with Gasteiger partial charge in [0.15, 0.2) is 0 Å². The van der Waals surface area contributed by atoms with E-state index >= 15 is 0 Å². The molecule has 0 spiro atoms. The topological polar surface area (TPSA) is 102 Å². The largest absolute Gasteiger partial charge is 0.465 e. The molecule has 0 aromatic heterocycles. The Morgan fingerprint density at radius 2 is 1.77 bits per heavy atom. The van der Waals surface area contributed by atoms with E-state index in [1.165, 1.54) is 6.07 Å². The van der Waals surface area contributed by atoms with Gasteiger partial charge in [0.05, 0.1) is 11.5 Å². The predicted molar refractivity (Wildman–Crippen MR) is 117 cm³/mol. The Hall–Kier alpha value is -2.13. The Bertz CT molecular complexity index is 897. The lowest BCUT2D eigenvalue weighted by Crippen LogP contribution is -2.38. The van der Waals surface area contributed by atoms with Gasteiger partial charge in [0, 0.05) is 0 Å². The molecule has 1 N–H and O–H groups in total. The summed E-state index contributed by atoms with van der Waals surface area (Å²) in [6, 6.07) is 15.4. The molecular formula is C19H22NO7PS2. The number of nitrogens with zero attached hydrogens (tertiary/aromatic N) is 1. The Morgan fingerprint density at radius 3 is 2.43 bits per heavy atom. The van der Waals surface area contributed by atoms with E-state index in [0.29, 0.717) is 4.90 Å². The second kappa shape index (κ2) is 11.9. The van der Waals surface area contributed by atoms with Crippen LogP contribution in [-0.4, -0.2) is 41.3 Å². The van der Waals surface area contributed by atoms with Crippen molar-refractivity contribution in [1.29, 1.82) is 0 Å². The van der Waals surface area contributed by atoms with Crippen LogP contribution in [0.2, 0.25) is 0 Å². The molecule has 0 fully saturated rings. The summed E-state index contributed by atoms with van der Waals surface area (Å²) in [4.78, 5) is 36.0. The van der Waals surface area contributed by atoms with Crippen molar-refractivity contribution in [1.82, 2.24) is 4.90 Å². The number of thiol groups is 1. The third-order valence-electron chi connectivity index (χ3n) is 3.63. The zero-order valence-corrected chi connectivity index (χ0v) is 18.8. The maximum absolute atomic E-state index is 12.7. The van der Waals surface area contributed by atoms with Gasteiger partial charge in [-0.3, -0.25) is 9.69 Å². The molecule has 2 rings (SSSR count). The molecule has 0 aliphatic rings. The third-order valence-corrected chi connectivity index (χ3v) is 5.93. The molecule has 0 bridgehead atoms. The van der Waals surface area contributed by atoms with Crippen molar-refractivity contribution in [3.63, 3.8) is 0 Å². The number of amides is 1. The SMILES string of the molecule is CCOC(=O)CN(CP(=O)(O)Oc1ccccc1SS)C(=O)OCc1ccccc1. The van der Waals surface area contributed by atoms with Gasteiger partial charge in [-0.1, -0.05) is 53.3 Å². The number of carbonyl (C=O) groups is 2. The Labute approximate surface area is 183 Å². The summed E-state index contributed by atoms with van der Waals surface area (Å²) < 4.78 is 28.0. The van der Waals surface area contributed by atoms with Gasteiger partial charge in [-0.25, -0.2) is 9.36 Å². The van der Waals surface area contributed by atoms with E-state index in [9.17, 15) is 19.0 Å². The molecule has 0 radical (unpaired) electrons. The summed E-state index contributed by atoms with van der Waals surface area (Å²) in [5.41, 5.74) is 0.727. The second-order valence-corrected chi connectivity index (χ2v) is 8.86. The van der Waals surface area contributed by atoms with Crippen LogP contribution in [0.25, 0.3) is 0 Å². The van der Waals surface area contributed by atoms with E-state index in [-0.39, 0.29) is 19.0 Å². The first kappa shape index (κ1) is 24.1. The van der Waals surface area contributed by atoms with Gasteiger partial charge < -0.3 is 18.9 Å². The molecule has 0 heterocycles. The van der Waals surface area contributed by atoms with Gasteiger partial charge >= 0.3 is 19.7 Å². The highest BCUT2D eigenvalue weighted by Crippen LogP contribution is 2.46. The maximum atomic E-state index is 12.7. The molecule has 30 heavy (non-hydrogen) atoms. The highest BCUT2D eigenvalue weighted by Gasteiger charge is 2.31. The normalized spacial score (nSPS) is 12.5. The minimum Gasteiger partial charge on any atom is -0.465 e. The molecule has 11 heteroatoms. The average molecular weight is 471 g/mol. The van der Waals surface area contributed by atoms with Crippen LogP contribution in [0.3, 0.4) is 0 Å². The van der Waals surface area contributed by atoms with E-state index in [2.05, 4.69) is 11.7 Å². The molecule has 0 saturated heterocycles. The van der Waals surface area contributed by atoms with Crippen LogP contribution >= 0.6 is 30.1 Å². The first-order chi connectivity index (χ1) is 14.3. The number of esters is 1. The van der Waals surface area contributed by atoms with Gasteiger partial charge in [0.2, 0.25) is 0 Å². The van der Waals surface area contributed by atoms with E-state index in [1.54, 1.807) is 49.4 Å². The molecule has 162 valence electrons. The smallest absolute Gasteiger partial charge is 0.411 e. The number of ether oxygens (including phenoxy) is 2. The van der Waals surface area contributed by atoms with Crippen LogP contribution in [0.4, 0.5) is 4.79 Å². The highest BCUT2D eigenvalue weighted by molar-refractivity contribution is 8.68. The van der Waals surface area contributed by atoms with Crippen molar-refractivity contribution >= 4 is 42.1 Å². The summed E-state index contributed by atoms with van der Waals surface area (Å²) in [5.74, 6) is -0.599. The van der Waals surface area contributed by atoms with E-state index < -0.39 is 32.5 Å². The predicted octanol–water partition coefficient (Wildman–Crippen LogP) is 4.35. The fraction of sp³-hybridized carbons (Fsp3) is 0.263. The van der Waals surface area contributed by atoms with Crippen LogP contribution in [0, 0.1) is 0 Å². The Balaban J connectivity index is 2.11. The average Bonchev–Trinajstić information content (AvgIpc) is 2.72. The molecule has 2 aromatic rings. The second-order valence-electron chi connectivity index (χ2n) is 5.95. The lowest BCUT2D eigenvalue weighted by Gasteiger charge is -2.24. The van der Waals surface area contributed by atoms with Crippen LogP contribution in [0.5, 0.6) is 5.75 Å². The van der Waals surface area contributed by atoms with Gasteiger partial charge in [-0.15, -0.1) is 11.7 Å². The lowest BCUT2D eigenvalue weighted by atomic mass is 10.2. The molecule has 1 amide bonds. The van der Waals surface area contributed by atoms with E-state index in [0.717, 1.165) is 21.3 Å². The summed E-state index contributed by atoms with van der Waals surface area (Å²) in [7, 11) is -3.32. The van der Waals surface area contributed by atoms with Crippen LogP contribution in [0.15, 0.2) is 59.5 Å². The molecule has 8 nitrogen and oxygen atoms in total.